The summed E-state index contributed by atoms with van der Waals surface area (Å²) in [5.41, 5.74) is 3.37. The summed E-state index contributed by atoms with van der Waals surface area (Å²) >= 11 is 0. The molecule has 7 heteroatoms. The topological polar surface area (TPSA) is 73.8 Å². The second-order valence-corrected chi connectivity index (χ2v) is 9.61. The molecule has 0 aliphatic carbocycles. The Balaban J connectivity index is 1.60. The van der Waals surface area contributed by atoms with Gasteiger partial charge in [0.25, 0.3) is 0 Å². The molecule has 2 aromatic rings. The summed E-state index contributed by atoms with van der Waals surface area (Å²) in [6.45, 7) is 4.62. The average Bonchev–Trinajstić information content (AvgIpc) is 2.71. The first kappa shape index (κ1) is 21.3. The van der Waals surface area contributed by atoms with Crippen LogP contribution in [-0.2, 0) is 16.6 Å². The van der Waals surface area contributed by atoms with Crippen molar-refractivity contribution in [2.75, 3.05) is 31.2 Å². The summed E-state index contributed by atoms with van der Waals surface area (Å²) in [4.78, 5) is 4.75. The van der Waals surface area contributed by atoms with Gasteiger partial charge in [0.05, 0.1) is 12.8 Å². The lowest BCUT2D eigenvalue weighted by atomic mass is 9.98. The Bertz CT molecular complexity index is 904. The lowest BCUT2D eigenvalue weighted by molar-refractivity contribution is 0.275. The van der Waals surface area contributed by atoms with E-state index in [-0.39, 0.29) is 0 Å². The maximum Gasteiger partial charge on any atom is 0.211 e. The molecule has 1 fully saturated rings. The average molecular weight is 415 g/mol. The number of hydrogen-bond donors (Lipinski definition) is 2. The zero-order valence-electron chi connectivity index (χ0n) is 17.1. The summed E-state index contributed by atoms with van der Waals surface area (Å²) in [7, 11) is -3.09. The molecule has 2 aromatic carbocycles. The lowest BCUT2D eigenvalue weighted by Gasteiger charge is -2.30. The third-order valence-electron chi connectivity index (χ3n) is 5.18. The highest BCUT2D eigenvalue weighted by Crippen LogP contribution is 2.18. The van der Waals surface area contributed by atoms with Crippen molar-refractivity contribution in [3.63, 3.8) is 0 Å². The van der Waals surface area contributed by atoms with E-state index in [1.807, 2.05) is 30.3 Å². The minimum absolute atomic E-state index is 0.426. The number of aliphatic imine (C=N–C) groups is 1. The predicted octanol–water partition coefficient (Wildman–Crippen LogP) is 3.22. The number of hydrogen-bond acceptors (Lipinski definition) is 3. The van der Waals surface area contributed by atoms with Crippen molar-refractivity contribution >= 4 is 21.7 Å². The van der Waals surface area contributed by atoms with Crippen LogP contribution in [0.15, 0.2) is 59.6 Å². The quantitative estimate of drug-likeness (QED) is 0.562. The number of aryl methyl sites for hydroxylation is 1. The number of rotatable bonds is 6. The summed E-state index contributed by atoms with van der Waals surface area (Å²) in [5, 5.41) is 6.81. The maximum atomic E-state index is 11.7. The molecule has 0 atom stereocenters. The molecule has 0 aromatic heterocycles. The number of para-hydroxylation sites is 1. The van der Waals surface area contributed by atoms with Crippen LogP contribution in [0, 0.1) is 12.8 Å². The Labute approximate surface area is 174 Å². The molecule has 0 unspecified atom stereocenters. The second-order valence-electron chi connectivity index (χ2n) is 7.63. The Morgan fingerprint density at radius 2 is 1.72 bits per heavy atom. The third kappa shape index (κ3) is 6.87. The first-order valence-electron chi connectivity index (χ1n) is 10.0. The van der Waals surface area contributed by atoms with E-state index >= 15 is 0 Å². The summed E-state index contributed by atoms with van der Waals surface area (Å²) in [5.74, 6) is 1.16. The Kier molecular flexibility index (Phi) is 7.28. The van der Waals surface area contributed by atoms with Gasteiger partial charge < -0.3 is 10.6 Å². The molecule has 156 valence electrons. The fourth-order valence-corrected chi connectivity index (χ4v) is 4.22. The van der Waals surface area contributed by atoms with Crippen molar-refractivity contribution in [3.8, 4) is 0 Å². The van der Waals surface area contributed by atoms with Gasteiger partial charge in [-0.15, -0.1) is 0 Å². The van der Waals surface area contributed by atoms with E-state index in [0.29, 0.717) is 25.6 Å². The van der Waals surface area contributed by atoms with Crippen LogP contribution in [0.2, 0.25) is 0 Å². The van der Waals surface area contributed by atoms with E-state index in [9.17, 15) is 8.42 Å². The van der Waals surface area contributed by atoms with E-state index < -0.39 is 10.0 Å². The van der Waals surface area contributed by atoms with Crippen LogP contribution in [0.3, 0.4) is 0 Å². The molecular weight excluding hydrogens is 384 g/mol. The molecule has 0 saturated carbocycles. The zero-order chi connectivity index (χ0) is 20.7. The van der Waals surface area contributed by atoms with Crippen LogP contribution in [0.25, 0.3) is 0 Å². The normalized spacial score (nSPS) is 16.6. The molecule has 1 heterocycles. The number of nitrogens with one attached hydrogen (secondary N) is 2. The maximum absolute atomic E-state index is 11.7. The number of sulfonamides is 1. The van der Waals surface area contributed by atoms with Crippen LogP contribution < -0.4 is 10.6 Å². The monoisotopic (exact) mass is 414 g/mol. The number of nitrogens with zero attached hydrogens (tertiary/aromatic N) is 2. The standard InChI is InChI=1S/C22H30N4O2S/c1-18-8-10-19(11-9-18)16-23-22(25-21-6-4-3-5-7-21)24-17-20-12-14-26(15-13-20)29(2,27)28/h3-11,20H,12-17H2,1-2H3,(H2,23,24,25). The molecule has 29 heavy (non-hydrogen) atoms. The fourth-order valence-electron chi connectivity index (χ4n) is 3.35. The molecule has 1 aliphatic heterocycles. The highest BCUT2D eigenvalue weighted by Gasteiger charge is 2.24. The Morgan fingerprint density at radius 1 is 1.07 bits per heavy atom. The first-order valence-corrected chi connectivity index (χ1v) is 11.9. The SMILES string of the molecule is Cc1ccc(CN=C(NCC2CCN(S(C)(=O)=O)CC2)Nc2ccccc2)cc1. The van der Waals surface area contributed by atoms with Gasteiger partial charge >= 0.3 is 0 Å². The molecule has 6 nitrogen and oxygen atoms in total. The predicted molar refractivity (Wildman–Crippen MR) is 120 cm³/mol. The van der Waals surface area contributed by atoms with Crippen LogP contribution in [0.1, 0.15) is 24.0 Å². The number of guanidine groups is 1. The number of anilines is 1. The van der Waals surface area contributed by atoms with E-state index in [2.05, 4.69) is 41.8 Å². The van der Waals surface area contributed by atoms with Gasteiger partial charge in [0.1, 0.15) is 0 Å². The third-order valence-corrected chi connectivity index (χ3v) is 6.48. The molecule has 2 N–H and O–H groups in total. The minimum atomic E-state index is -3.09. The molecule has 0 bridgehead atoms. The van der Waals surface area contributed by atoms with Crippen molar-refractivity contribution < 1.29 is 8.42 Å². The van der Waals surface area contributed by atoms with Crippen LogP contribution in [0.5, 0.6) is 0 Å². The van der Waals surface area contributed by atoms with Gasteiger partial charge in [-0.2, -0.15) is 0 Å². The van der Waals surface area contributed by atoms with Gasteiger partial charge in [0.2, 0.25) is 10.0 Å². The van der Waals surface area contributed by atoms with Crippen molar-refractivity contribution in [1.29, 1.82) is 0 Å². The molecule has 0 spiro atoms. The molecule has 1 saturated heterocycles. The largest absolute Gasteiger partial charge is 0.356 e. The van der Waals surface area contributed by atoms with Crippen LogP contribution in [0.4, 0.5) is 5.69 Å². The summed E-state index contributed by atoms with van der Waals surface area (Å²) in [6.07, 6.45) is 3.00. The van der Waals surface area contributed by atoms with E-state index in [4.69, 9.17) is 4.99 Å². The van der Waals surface area contributed by atoms with Gasteiger partial charge in [-0.25, -0.2) is 17.7 Å². The van der Waals surface area contributed by atoms with Crippen molar-refractivity contribution in [2.45, 2.75) is 26.3 Å². The Morgan fingerprint density at radius 3 is 2.34 bits per heavy atom. The summed E-state index contributed by atoms with van der Waals surface area (Å²) < 4.78 is 24.9. The number of piperidine rings is 1. The fraction of sp³-hybridized carbons (Fsp3) is 0.409. The van der Waals surface area contributed by atoms with E-state index in [1.165, 1.54) is 11.8 Å². The molecule has 0 radical (unpaired) electrons. The smallest absolute Gasteiger partial charge is 0.211 e. The minimum Gasteiger partial charge on any atom is -0.356 e. The molecule has 1 aliphatic rings. The van der Waals surface area contributed by atoms with Crippen LogP contribution in [-0.4, -0.2) is 44.6 Å². The second kappa shape index (κ2) is 9.89. The van der Waals surface area contributed by atoms with Crippen molar-refractivity contribution in [1.82, 2.24) is 9.62 Å². The van der Waals surface area contributed by atoms with Crippen LogP contribution >= 0.6 is 0 Å². The first-order chi connectivity index (χ1) is 13.9. The van der Waals surface area contributed by atoms with Crippen molar-refractivity contribution in [3.05, 3.63) is 65.7 Å². The molecule has 0 amide bonds. The Hall–Kier alpha value is -2.38. The lowest BCUT2D eigenvalue weighted by Crippen LogP contribution is -2.42. The van der Waals surface area contributed by atoms with Gasteiger partial charge in [-0.1, -0.05) is 48.0 Å². The summed E-state index contributed by atoms with van der Waals surface area (Å²) in [6, 6.07) is 18.4. The highest BCUT2D eigenvalue weighted by molar-refractivity contribution is 7.88. The molecular formula is C22H30N4O2S. The zero-order valence-corrected chi connectivity index (χ0v) is 18.0. The highest BCUT2D eigenvalue weighted by atomic mass is 32.2. The van der Waals surface area contributed by atoms with E-state index in [0.717, 1.165) is 36.6 Å². The number of benzene rings is 2. The van der Waals surface area contributed by atoms with Gasteiger partial charge in [0.15, 0.2) is 5.96 Å². The van der Waals surface area contributed by atoms with E-state index in [1.54, 1.807) is 4.31 Å². The van der Waals surface area contributed by atoms with Gasteiger partial charge in [0, 0.05) is 25.3 Å². The molecule has 3 rings (SSSR count). The van der Waals surface area contributed by atoms with Crippen molar-refractivity contribution in [2.24, 2.45) is 10.9 Å². The van der Waals surface area contributed by atoms with Gasteiger partial charge in [-0.05, 0) is 43.4 Å². The van der Waals surface area contributed by atoms with Gasteiger partial charge in [-0.3, -0.25) is 0 Å².